The van der Waals surface area contributed by atoms with Crippen molar-refractivity contribution < 1.29 is 14.3 Å². The Bertz CT molecular complexity index is 796. The predicted octanol–water partition coefficient (Wildman–Crippen LogP) is 5.95. The quantitative estimate of drug-likeness (QED) is 0.358. The van der Waals surface area contributed by atoms with Gasteiger partial charge in [0.05, 0.1) is 32.5 Å². The summed E-state index contributed by atoms with van der Waals surface area (Å²) < 4.78 is 11.2. The topological polar surface area (TPSA) is 73.9 Å². The summed E-state index contributed by atoms with van der Waals surface area (Å²) in [7, 11) is 0. The molecule has 0 aliphatic carbocycles. The first-order chi connectivity index (χ1) is 15.0. The first kappa shape index (κ1) is 31.0. The number of rotatable bonds is 9. The van der Waals surface area contributed by atoms with Gasteiger partial charge in [-0.3, -0.25) is 0 Å². The molecule has 0 fully saturated rings. The second-order valence-corrected chi connectivity index (χ2v) is 10.1. The number of aliphatic imine (C=N–C) groups is 1. The lowest BCUT2D eigenvalue weighted by Gasteiger charge is -2.26. The summed E-state index contributed by atoms with van der Waals surface area (Å²) >= 11 is 0. The Kier molecular flexibility index (Phi) is 14.8. The van der Waals surface area contributed by atoms with Crippen LogP contribution in [0.5, 0.6) is 0 Å². The van der Waals surface area contributed by atoms with Gasteiger partial charge in [0.25, 0.3) is 0 Å². The van der Waals surface area contributed by atoms with Crippen molar-refractivity contribution in [2.45, 2.75) is 66.8 Å². The molecule has 2 atom stereocenters. The van der Waals surface area contributed by atoms with Crippen LogP contribution in [-0.2, 0) is 27.5 Å². The summed E-state index contributed by atoms with van der Waals surface area (Å²) in [4.78, 5) is 14.1. The van der Waals surface area contributed by atoms with E-state index >= 15 is 0 Å². The maximum atomic E-state index is 10.3. The number of halogens is 1. The molecule has 0 spiro atoms. The number of hydrogen-bond acceptors (Lipinski definition) is 5. The molecule has 0 bridgehead atoms. The summed E-state index contributed by atoms with van der Waals surface area (Å²) in [6.07, 6.45) is 1.62. The molecular weight excluding hydrogens is 436 g/mol. The molecule has 2 N–H and O–H groups in total. The van der Waals surface area contributed by atoms with Gasteiger partial charge in [-0.1, -0.05) is 102 Å². The first-order valence-electron chi connectivity index (χ1n) is 11.1. The number of benzene rings is 2. The van der Waals surface area contributed by atoms with Crippen LogP contribution in [0.15, 0.2) is 65.7 Å². The zero-order chi connectivity index (χ0) is 24.0. The molecule has 0 saturated carbocycles. The van der Waals surface area contributed by atoms with Crippen LogP contribution in [0.2, 0.25) is 0 Å². The van der Waals surface area contributed by atoms with Gasteiger partial charge in [0, 0.05) is 6.04 Å². The van der Waals surface area contributed by atoms with Gasteiger partial charge in [-0.25, -0.2) is 4.79 Å². The molecule has 0 radical (unpaired) electrons. The van der Waals surface area contributed by atoms with Crippen LogP contribution in [0.1, 0.15) is 52.7 Å². The zero-order valence-corrected chi connectivity index (χ0v) is 21.7. The molecule has 0 aromatic heterocycles. The molecule has 0 amide bonds. The maximum Gasteiger partial charge on any atom is 0.235 e. The highest BCUT2D eigenvalue weighted by Gasteiger charge is 2.24. The zero-order valence-electron chi connectivity index (χ0n) is 20.9. The molecule has 2 rings (SSSR count). The Morgan fingerprint density at radius 3 is 1.58 bits per heavy atom. The van der Waals surface area contributed by atoms with E-state index in [0.29, 0.717) is 26.4 Å². The van der Waals surface area contributed by atoms with Crippen LogP contribution in [0, 0.1) is 10.8 Å². The van der Waals surface area contributed by atoms with Gasteiger partial charge in [0.15, 0.2) is 0 Å². The van der Waals surface area contributed by atoms with E-state index in [-0.39, 0.29) is 35.3 Å². The summed E-state index contributed by atoms with van der Waals surface area (Å²) in [6.45, 7) is 14.7. The summed E-state index contributed by atoms with van der Waals surface area (Å²) in [5.41, 5.74) is 8.32. The molecule has 6 heteroatoms. The minimum atomic E-state index is -0.149. The highest BCUT2D eigenvalue weighted by atomic mass is 35.5. The van der Waals surface area contributed by atoms with Crippen molar-refractivity contribution in [1.82, 2.24) is 0 Å². The first-order valence-corrected chi connectivity index (χ1v) is 11.1. The fourth-order valence-corrected chi connectivity index (χ4v) is 2.54. The van der Waals surface area contributed by atoms with Gasteiger partial charge in [-0.05, 0) is 22.0 Å². The van der Waals surface area contributed by atoms with Gasteiger partial charge in [-0.15, -0.1) is 12.4 Å². The molecule has 0 unspecified atom stereocenters. The van der Waals surface area contributed by atoms with Crippen LogP contribution in [0.25, 0.3) is 0 Å². The van der Waals surface area contributed by atoms with Crippen molar-refractivity contribution in [2.75, 3.05) is 13.2 Å². The van der Waals surface area contributed by atoms with Crippen molar-refractivity contribution in [3.63, 3.8) is 0 Å². The van der Waals surface area contributed by atoms with Crippen molar-refractivity contribution >= 4 is 18.5 Å². The van der Waals surface area contributed by atoms with Gasteiger partial charge in [-0.2, -0.15) is 4.99 Å². The van der Waals surface area contributed by atoms with Crippen molar-refractivity contribution in [3.05, 3.63) is 71.8 Å². The van der Waals surface area contributed by atoms with E-state index in [1.165, 1.54) is 5.56 Å². The number of isocyanates is 1. The number of carbonyl (C=O) groups excluding carboxylic acids is 1. The monoisotopic (exact) mass is 476 g/mol. The lowest BCUT2D eigenvalue weighted by molar-refractivity contribution is 0.0792. The standard InChI is InChI=1S/C14H19NO2.C13H21NO.ClH/c1-14(2,3)13(15-11-16)10-17-9-12-7-5-4-6-8-12;1-13(2,3)12(14)10-15-9-11-7-5-4-6-8-11;/h4-8,13H,9-10H2,1-3H3;4-8,12H,9-10,14H2,1-3H3;1H/t13-;12-;/m11./s1. The normalized spacial score (nSPS) is 12.9. The van der Waals surface area contributed by atoms with E-state index in [2.05, 4.69) is 37.9 Å². The Morgan fingerprint density at radius 1 is 0.788 bits per heavy atom. The minimum Gasteiger partial charge on any atom is -0.375 e. The second-order valence-electron chi connectivity index (χ2n) is 10.1. The Balaban J connectivity index is 0.000000607. The van der Waals surface area contributed by atoms with E-state index in [4.69, 9.17) is 15.2 Å². The van der Waals surface area contributed by atoms with Crippen LogP contribution in [0.4, 0.5) is 0 Å². The van der Waals surface area contributed by atoms with Crippen LogP contribution >= 0.6 is 12.4 Å². The van der Waals surface area contributed by atoms with Crippen molar-refractivity contribution in [2.24, 2.45) is 21.6 Å². The highest BCUT2D eigenvalue weighted by molar-refractivity contribution is 5.85. The molecule has 2 aromatic carbocycles. The Labute approximate surface area is 206 Å². The molecule has 0 aliphatic rings. The summed E-state index contributed by atoms with van der Waals surface area (Å²) in [6, 6.07) is 20.0. The molecule has 0 aliphatic heterocycles. The van der Waals surface area contributed by atoms with E-state index in [1.807, 2.05) is 69.3 Å². The van der Waals surface area contributed by atoms with Crippen molar-refractivity contribution in [1.29, 1.82) is 0 Å². The fourth-order valence-electron chi connectivity index (χ4n) is 2.54. The number of hydrogen-bond donors (Lipinski definition) is 1. The lowest BCUT2D eigenvalue weighted by atomic mass is 9.88. The lowest BCUT2D eigenvalue weighted by Crippen LogP contribution is -2.39. The Morgan fingerprint density at radius 2 is 1.21 bits per heavy atom. The molecule has 2 aromatic rings. The van der Waals surface area contributed by atoms with E-state index in [9.17, 15) is 4.79 Å². The molecular formula is C27H41ClN2O3. The third kappa shape index (κ3) is 14.0. The molecule has 0 heterocycles. The molecule has 0 saturated heterocycles. The maximum absolute atomic E-state index is 10.3. The van der Waals surface area contributed by atoms with E-state index in [1.54, 1.807) is 6.08 Å². The van der Waals surface area contributed by atoms with E-state index < -0.39 is 0 Å². The van der Waals surface area contributed by atoms with Crippen LogP contribution < -0.4 is 5.73 Å². The minimum absolute atomic E-state index is 0. The second kappa shape index (κ2) is 15.8. The molecule has 33 heavy (non-hydrogen) atoms. The predicted molar refractivity (Wildman–Crippen MR) is 138 cm³/mol. The van der Waals surface area contributed by atoms with Gasteiger partial charge in [0.1, 0.15) is 0 Å². The summed E-state index contributed by atoms with van der Waals surface area (Å²) in [5.74, 6) is 0. The average Bonchev–Trinajstić information content (AvgIpc) is 2.74. The van der Waals surface area contributed by atoms with Crippen LogP contribution in [-0.4, -0.2) is 31.4 Å². The SMILES string of the molecule is CC(C)(C)[C@@H](COCc1ccccc1)N=C=O.CC(C)(C)[C@H](N)COCc1ccccc1.Cl. The van der Waals surface area contributed by atoms with Gasteiger partial charge < -0.3 is 15.2 Å². The molecule has 5 nitrogen and oxygen atoms in total. The fraction of sp³-hybridized carbons (Fsp3) is 0.519. The van der Waals surface area contributed by atoms with Gasteiger partial charge in [0.2, 0.25) is 6.08 Å². The highest BCUT2D eigenvalue weighted by Crippen LogP contribution is 2.22. The number of nitrogens with two attached hydrogens (primary N) is 1. The van der Waals surface area contributed by atoms with Gasteiger partial charge >= 0.3 is 0 Å². The summed E-state index contributed by atoms with van der Waals surface area (Å²) in [5, 5.41) is 0. The largest absolute Gasteiger partial charge is 0.375 e. The smallest absolute Gasteiger partial charge is 0.235 e. The third-order valence-electron chi connectivity index (χ3n) is 5.12. The number of nitrogens with zero attached hydrogens (tertiary/aromatic N) is 1. The Hall–Kier alpha value is -2.01. The van der Waals surface area contributed by atoms with Crippen molar-refractivity contribution in [3.8, 4) is 0 Å². The van der Waals surface area contributed by atoms with Crippen LogP contribution in [0.3, 0.4) is 0 Å². The van der Waals surface area contributed by atoms with E-state index in [0.717, 1.165) is 5.56 Å². The third-order valence-corrected chi connectivity index (χ3v) is 5.12. The molecule has 184 valence electrons. The number of ether oxygens (including phenoxy) is 2. The average molecular weight is 477 g/mol.